The summed E-state index contributed by atoms with van der Waals surface area (Å²) in [7, 11) is -1.77. The van der Waals surface area contributed by atoms with Crippen LogP contribution in [0.5, 0.6) is 11.5 Å². The van der Waals surface area contributed by atoms with Gasteiger partial charge in [0.25, 0.3) is 5.56 Å². The first-order chi connectivity index (χ1) is 15.8. The Labute approximate surface area is 197 Å². The molecule has 0 saturated heterocycles. The molecule has 0 atom stereocenters. The number of hydrogen-bond donors (Lipinski definition) is 2. The lowest BCUT2D eigenvalue weighted by molar-refractivity contribution is 0.484. The van der Waals surface area contributed by atoms with Crippen LogP contribution in [0.2, 0.25) is 0 Å². The summed E-state index contributed by atoms with van der Waals surface area (Å²) in [5, 5.41) is 0.729. The highest BCUT2D eigenvalue weighted by Gasteiger charge is 2.17. The number of sulfonamides is 1. The number of aromatic nitrogens is 2. The molecule has 33 heavy (non-hydrogen) atoms. The van der Waals surface area contributed by atoms with Crippen LogP contribution < -0.4 is 15.0 Å². The molecule has 2 aromatic carbocycles. The Morgan fingerprint density at radius 2 is 1.85 bits per heavy atom. The Bertz CT molecular complexity index is 1450. The number of rotatable bonds is 6. The molecular formula is C25H33N3O4S. The van der Waals surface area contributed by atoms with E-state index < -0.39 is 10.0 Å². The SMILES string of the molecule is CC.CCS(=O)(=O)Nc1ccc(Oc2cccc(C)c2)c(-c2cn(C)c(=O)c3[nH]ccc23)c1.[HH].[HH]. The summed E-state index contributed by atoms with van der Waals surface area (Å²) in [6.07, 6.45) is 3.44. The number of fused-ring (bicyclic) bond motifs is 1. The predicted molar refractivity (Wildman–Crippen MR) is 139 cm³/mol. The van der Waals surface area contributed by atoms with Crippen molar-refractivity contribution in [3.8, 4) is 22.6 Å². The molecule has 2 N–H and O–H groups in total. The van der Waals surface area contributed by atoms with Crippen LogP contribution in [0.1, 0.15) is 29.2 Å². The van der Waals surface area contributed by atoms with E-state index in [2.05, 4.69) is 9.71 Å². The van der Waals surface area contributed by atoms with E-state index in [1.165, 1.54) is 4.57 Å². The van der Waals surface area contributed by atoms with Crippen molar-refractivity contribution in [2.24, 2.45) is 7.05 Å². The van der Waals surface area contributed by atoms with Gasteiger partial charge in [0.1, 0.15) is 17.0 Å². The Morgan fingerprint density at radius 3 is 2.55 bits per heavy atom. The van der Waals surface area contributed by atoms with E-state index in [4.69, 9.17) is 4.74 Å². The van der Waals surface area contributed by atoms with Crippen LogP contribution in [0, 0.1) is 6.92 Å². The summed E-state index contributed by atoms with van der Waals surface area (Å²) in [5.74, 6) is 1.18. The number of pyridine rings is 1. The number of benzene rings is 2. The Kier molecular flexibility index (Phi) is 7.28. The Morgan fingerprint density at radius 1 is 1.09 bits per heavy atom. The maximum Gasteiger partial charge on any atom is 0.274 e. The average molecular weight is 472 g/mol. The van der Waals surface area contributed by atoms with Gasteiger partial charge in [-0.2, -0.15) is 0 Å². The average Bonchev–Trinajstić information content (AvgIpc) is 3.29. The van der Waals surface area contributed by atoms with Crippen LogP contribution in [0.15, 0.2) is 65.7 Å². The van der Waals surface area contributed by atoms with Crippen LogP contribution in [-0.2, 0) is 17.1 Å². The maximum atomic E-state index is 12.5. The van der Waals surface area contributed by atoms with Crippen molar-refractivity contribution < 1.29 is 16.0 Å². The van der Waals surface area contributed by atoms with Gasteiger partial charge in [-0.25, -0.2) is 8.42 Å². The number of ether oxygens (including phenoxy) is 1. The second kappa shape index (κ2) is 9.95. The molecule has 4 aromatic rings. The molecule has 178 valence electrons. The summed E-state index contributed by atoms with van der Waals surface area (Å²) in [6.45, 7) is 7.56. The lowest BCUT2D eigenvalue weighted by atomic mass is 10.0. The summed E-state index contributed by atoms with van der Waals surface area (Å²) >= 11 is 0. The zero-order chi connectivity index (χ0) is 24.2. The van der Waals surface area contributed by atoms with E-state index in [-0.39, 0.29) is 14.2 Å². The number of aryl methyl sites for hydroxylation is 2. The van der Waals surface area contributed by atoms with Crippen molar-refractivity contribution in [3.05, 3.63) is 76.8 Å². The lowest BCUT2D eigenvalue weighted by Gasteiger charge is -2.16. The van der Waals surface area contributed by atoms with Gasteiger partial charge in [0.15, 0.2) is 0 Å². The summed E-state index contributed by atoms with van der Waals surface area (Å²) in [4.78, 5) is 15.5. The highest BCUT2D eigenvalue weighted by atomic mass is 32.2. The van der Waals surface area contributed by atoms with E-state index in [0.717, 1.165) is 16.5 Å². The van der Waals surface area contributed by atoms with Crippen LogP contribution in [0.4, 0.5) is 5.69 Å². The molecule has 0 unspecified atom stereocenters. The highest BCUT2D eigenvalue weighted by Crippen LogP contribution is 2.38. The summed E-state index contributed by atoms with van der Waals surface area (Å²) in [5.41, 5.74) is 3.22. The minimum atomic E-state index is -3.45. The number of H-pyrrole nitrogens is 1. The normalized spacial score (nSPS) is 11.1. The van der Waals surface area contributed by atoms with Crippen LogP contribution in [-0.4, -0.2) is 23.7 Å². The number of nitrogens with one attached hydrogen (secondary N) is 2. The quantitative estimate of drug-likeness (QED) is 0.365. The van der Waals surface area contributed by atoms with Crippen molar-refractivity contribution in [3.63, 3.8) is 0 Å². The number of anilines is 1. The molecule has 2 aromatic heterocycles. The van der Waals surface area contributed by atoms with E-state index in [9.17, 15) is 13.2 Å². The Hall–Kier alpha value is -3.52. The molecule has 0 aliphatic carbocycles. The van der Waals surface area contributed by atoms with Gasteiger partial charge < -0.3 is 14.3 Å². The van der Waals surface area contributed by atoms with E-state index >= 15 is 0 Å². The highest BCUT2D eigenvalue weighted by molar-refractivity contribution is 7.92. The van der Waals surface area contributed by atoms with Crippen molar-refractivity contribution in [1.29, 1.82) is 0 Å². The topological polar surface area (TPSA) is 93.2 Å². The third-order valence-corrected chi connectivity index (χ3v) is 6.34. The molecular weight excluding hydrogens is 438 g/mol. The standard InChI is InChI=1S/C23H23N3O4S.C2H6.2H2/c1-4-31(28,29)25-16-8-9-21(30-17-7-5-6-15(2)12-17)19(13-16)20-14-26(3)23(27)22-18(20)10-11-24-22;1-2;;/h5-14,24-25H,4H2,1-3H3;1-2H3;2*1H. The Balaban J connectivity index is 0.00000149. The molecule has 0 aliphatic rings. The second-order valence-corrected chi connectivity index (χ2v) is 9.37. The van der Waals surface area contributed by atoms with E-state index in [1.54, 1.807) is 44.6 Å². The first-order valence-corrected chi connectivity index (χ1v) is 12.5. The van der Waals surface area contributed by atoms with E-state index in [1.807, 2.05) is 51.1 Å². The molecule has 0 spiro atoms. The van der Waals surface area contributed by atoms with Crippen molar-refractivity contribution >= 4 is 26.6 Å². The predicted octanol–water partition coefficient (Wildman–Crippen LogP) is 5.91. The largest absolute Gasteiger partial charge is 0.457 e. The minimum Gasteiger partial charge on any atom is -0.457 e. The summed E-state index contributed by atoms with van der Waals surface area (Å²) < 4.78 is 34.5. The first-order valence-electron chi connectivity index (χ1n) is 10.8. The third kappa shape index (κ3) is 5.28. The summed E-state index contributed by atoms with van der Waals surface area (Å²) in [6, 6.07) is 14.6. The van der Waals surface area contributed by atoms with Gasteiger partial charge in [0.2, 0.25) is 10.0 Å². The van der Waals surface area contributed by atoms with Crippen molar-refractivity contribution in [2.75, 3.05) is 10.5 Å². The number of nitrogens with zero attached hydrogens (tertiary/aromatic N) is 1. The maximum absolute atomic E-state index is 12.5. The first kappa shape index (κ1) is 24.1. The fraction of sp³-hybridized carbons (Fsp3) is 0.240. The third-order valence-electron chi connectivity index (χ3n) is 5.03. The molecule has 0 radical (unpaired) electrons. The van der Waals surface area contributed by atoms with Crippen LogP contribution in [0.25, 0.3) is 22.0 Å². The zero-order valence-electron chi connectivity index (χ0n) is 19.5. The van der Waals surface area contributed by atoms with Crippen molar-refractivity contribution in [1.82, 2.24) is 9.55 Å². The van der Waals surface area contributed by atoms with Crippen LogP contribution in [0.3, 0.4) is 0 Å². The van der Waals surface area contributed by atoms with Gasteiger partial charge in [0, 0.05) is 44.5 Å². The van der Waals surface area contributed by atoms with Gasteiger partial charge in [-0.15, -0.1) is 0 Å². The van der Waals surface area contributed by atoms with E-state index in [0.29, 0.717) is 28.3 Å². The molecule has 2 heterocycles. The van der Waals surface area contributed by atoms with Gasteiger partial charge in [-0.05, 0) is 55.8 Å². The second-order valence-electron chi connectivity index (χ2n) is 7.36. The molecule has 8 heteroatoms. The fourth-order valence-corrected chi connectivity index (χ4v) is 4.06. The molecule has 0 bridgehead atoms. The number of aromatic amines is 1. The number of hydrogen-bond acceptors (Lipinski definition) is 4. The van der Waals surface area contributed by atoms with Gasteiger partial charge >= 0.3 is 0 Å². The monoisotopic (exact) mass is 471 g/mol. The smallest absolute Gasteiger partial charge is 0.274 e. The molecule has 0 saturated carbocycles. The molecule has 4 rings (SSSR count). The molecule has 0 amide bonds. The molecule has 0 aliphatic heterocycles. The molecule has 7 nitrogen and oxygen atoms in total. The van der Waals surface area contributed by atoms with Crippen molar-refractivity contribution in [2.45, 2.75) is 27.7 Å². The molecule has 0 fully saturated rings. The van der Waals surface area contributed by atoms with Gasteiger partial charge in [-0.1, -0.05) is 26.0 Å². The van der Waals surface area contributed by atoms with Gasteiger partial charge in [0.05, 0.1) is 5.75 Å². The van der Waals surface area contributed by atoms with Crippen LogP contribution >= 0.6 is 0 Å². The zero-order valence-corrected chi connectivity index (χ0v) is 20.3. The minimum absolute atomic E-state index is 0. The fourth-order valence-electron chi connectivity index (χ4n) is 3.43. The van der Waals surface area contributed by atoms with Gasteiger partial charge in [-0.3, -0.25) is 9.52 Å². The lowest BCUT2D eigenvalue weighted by Crippen LogP contribution is -2.17.